The molecule has 0 saturated carbocycles. The molecule has 0 fully saturated rings. The Bertz CT molecular complexity index is 496. The van der Waals surface area contributed by atoms with Crippen LogP contribution in [0, 0.1) is 0 Å². The third-order valence-electron chi connectivity index (χ3n) is 2.12. The van der Waals surface area contributed by atoms with Crippen molar-refractivity contribution in [2.24, 2.45) is 5.73 Å². The molecule has 0 aliphatic heterocycles. The Hall–Kier alpha value is -1.03. The van der Waals surface area contributed by atoms with E-state index in [1.165, 1.54) is 0 Å². The van der Waals surface area contributed by atoms with Crippen molar-refractivity contribution in [3.05, 3.63) is 40.2 Å². The van der Waals surface area contributed by atoms with E-state index in [0.29, 0.717) is 28.9 Å². The first-order valence-electron chi connectivity index (χ1n) is 4.80. The Morgan fingerprint density at radius 3 is 2.75 bits per heavy atom. The largest absolute Gasteiger partial charge is 0.444 e. The van der Waals surface area contributed by atoms with Gasteiger partial charge in [0.2, 0.25) is 5.89 Å². The van der Waals surface area contributed by atoms with Gasteiger partial charge in [0.1, 0.15) is 6.26 Å². The van der Waals surface area contributed by atoms with Gasteiger partial charge >= 0.3 is 0 Å². The fourth-order valence-corrected chi connectivity index (χ4v) is 1.63. The number of nitrogens with zero attached hydrogens (tertiary/aromatic N) is 1. The van der Waals surface area contributed by atoms with Gasteiger partial charge in [0.15, 0.2) is 0 Å². The molecule has 5 heteroatoms. The first-order chi connectivity index (χ1) is 7.70. The first kappa shape index (κ1) is 11.5. The van der Waals surface area contributed by atoms with Crippen LogP contribution in [0.1, 0.15) is 5.69 Å². The Morgan fingerprint density at radius 2 is 2.06 bits per heavy atom. The molecule has 0 aliphatic rings. The molecule has 1 aromatic carbocycles. The first-order valence-corrected chi connectivity index (χ1v) is 5.56. The second-order valence-electron chi connectivity index (χ2n) is 3.31. The minimum absolute atomic E-state index is 0.484. The third-order valence-corrected chi connectivity index (χ3v) is 2.86. The number of benzene rings is 1. The van der Waals surface area contributed by atoms with Gasteiger partial charge in [-0.3, -0.25) is 0 Å². The zero-order valence-corrected chi connectivity index (χ0v) is 9.92. The van der Waals surface area contributed by atoms with Crippen LogP contribution in [0.2, 0.25) is 10.0 Å². The highest BCUT2D eigenvalue weighted by Gasteiger charge is 2.08. The SMILES string of the molecule is NCCc1coc(-c2ccc(Cl)c(Cl)c2)n1. The summed E-state index contributed by atoms with van der Waals surface area (Å²) in [5, 5.41) is 0.997. The molecule has 0 amide bonds. The predicted octanol–water partition coefficient (Wildman–Crippen LogP) is 3.15. The zero-order chi connectivity index (χ0) is 11.5. The highest BCUT2D eigenvalue weighted by atomic mass is 35.5. The highest BCUT2D eigenvalue weighted by molar-refractivity contribution is 6.42. The molecule has 1 heterocycles. The molecule has 0 spiro atoms. The standard InChI is InChI=1S/C11H10Cl2N2O/c12-9-2-1-7(5-10(9)13)11-15-8(3-4-14)6-16-11/h1-2,5-6H,3-4,14H2. The molecule has 0 unspecified atom stereocenters. The maximum atomic E-state index is 5.91. The summed E-state index contributed by atoms with van der Waals surface area (Å²) < 4.78 is 5.33. The average molecular weight is 257 g/mol. The second kappa shape index (κ2) is 4.87. The molecule has 0 atom stereocenters. The van der Waals surface area contributed by atoms with E-state index in [4.69, 9.17) is 33.4 Å². The number of aromatic nitrogens is 1. The van der Waals surface area contributed by atoms with Crippen molar-refractivity contribution in [1.29, 1.82) is 0 Å². The maximum absolute atomic E-state index is 5.91. The summed E-state index contributed by atoms with van der Waals surface area (Å²) in [4.78, 5) is 4.29. The molecule has 0 bridgehead atoms. The van der Waals surface area contributed by atoms with Crippen molar-refractivity contribution in [2.45, 2.75) is 6.42 Å². The lowest BCUT2D eigenvalue weighted by Crippen LogP contribution is -2.02. The van der Waals surface area contributed by atoms with Crippen LogP contribution in [0.15, 0.2) is 28.9 Å². The quantitative estimate of drug-likeness (QED) is 0.918. The highest BCUT2D eigenvalue weighted by Crippen LogP contribution is 2.28. The maximum Gasteiger partial charge on any atom is 0.226 e. The topological polar surface area (TPSA) is 52.0 Å². The van der Waals surface area contributed by atoms with Crippen molar-refractivity contribution in [3.63, 3.8) is 0 Å². The van der Waals surface area contributed by atoms with Gasteiger partial charge in [-0.05, 0) is 24.7 Å². The Kier molecular flexibility index (Phi) is 3.49. The number of rotatable bonds is 3. The minimum Gasteiger partial charge on any atom is -0.444 e. The van der Waals surface area contributed by atoms with E-state index in [0.717, 1.165) is 11.3 Å². The molecule has 0 radical (unpaired) electrons. The monoisotopic (exact) mass is 256 g/mol. The van der Waals surface area contributed by atoms with Gasteiger partial charge in [0.25, 0.3) is 0 Å². The van der Waals surface area contributed by atoms with Gasteiger partial charge in [-0.15, -0.1) is 0 Å². The van der Waals surface area contributed by atoms with Crippen LogP contribution in [0.5, 0.6) is 0 Å². The van der Waals surface area contributed by atoms with Crippen molar-refractivity contribution < 1.29 is 4.42 Å². The van der Waals surface area contributed by atoms with Gasteiger partial charge in [0, 0.05) is 12.0 Å². The van der Waals surface area contributed by atoms with Gasteiger partial charge in [-0.25, -0.2) is 4.98 Å². The van der Waals surface area contributed by atoms with E-state index in [2.05, 4.69) is 4.98 Å². The number of hydrogen-bond donors (Lipinski definition) is 1. The Labute approximate surface area is 103 Å². The fraction of sp³-hybridized carbons (Fsp3) is 0.182. The number of hydrogen-bond acceptors (Lipinski definition) is 3. The van der Waals surface area contributed by atoms with Crippen LogP contribution in [0.3, 0.4) is 0 Å². The summed E-state index contributed by atoms with van der Waals surface area (Å²) in [6.07, 6.45) is 2.30. The summed E-state index contributed by atoms with van der Waals surface area (Å²) in [7, 11) is 0. The van der Waals surface area contributed by atoms with Gasteiger partial charge in [-0.1, -0.05) is 23.2 Å². The summed E-state index contributed by atoms with van der Waals surface area (Å²) in [5.41, 5.74) is 7.07. The molecule has 2 N–H and O–H groups in total. The van der Waals surface area contributed by atoms with Crippen LogP contribution in [-0.4, -0.2) is 11.5 Å². The molecule has 84 valence electrons. The van der Waals surface area contributed by atoms with Crippen LogP contribution in [0.4, 0.5) is 0 Å². The van der Waals surface area contributed by atoms with E-state index in [9.17, 15) is 0 Å². The van der Waals surface area contributed by atoms with Crippen molar-refractivity contribution in [1.82, 2.24) is 4.98 Å². The van der Waals surface area contributed by atoms with Gasteiger partial charge in [0.05, 0.1) is 15.7 Å². The Balaban J connectivity index is 2.31. The number of halogens is 2. The smallest absolute Gasteiger partial charge is 0.226 e. The molecule has 2 aromatic rings. The Morgan fingerprint density at radius 1 is 1.25 bits per heavy atom. The molecule has 2 rings (SSSR count). The lowest BCUT2D eigenvalue weighted by Gasteiger charge is -1.98. The lowest BCUT2D eigenvalue weighted by molar-refractivity contribution is 0.572. The van der Waals surface area contributed by atoms with E-state index in [1.807, 2.05) is 6.07 Å². The van der Waals surface area contributed by atoms with Gasteiger partial charge in [-0.2, -0.15) is 0 Å². The van der Waals surface area contributed by atoms with E-state index in [1.54, 1.807) is 18.4 Å². The molecule has 16 heavy (non-hydrogen) atoms. The summed E-state index contributed by atoms with van der Waals surface area (Å²) in [6, 6.07) is 5.25. The molecule has 1 aromatic heterocycles. The average Bonchev–Trinajstić information content (AvgIpc) is 2.71. The summed E-state index contributed by atoms with van der Waals surface area (Å²) in [6.45, 7) is 0.549. The van der Waals surface area contributed by atoms with Crippen LogP contribution < -0.4 is 5.73 Å². The number of nitrogens with two attached hydrogens (primary N) is 1. The number of oxazole rings is 1. The van der Waals surface area contributed by atoms with Crippen molar-refractivity contribution in [2.75, 3.05) is 6.54 Å². The predicted molar refractivity (Wildman–Crippen MR) is 64.7 cm³/mol. The summed E-state index contributed by atoms with van der Waals surface area (Å²) in [5.74, 6) is 0.530. The van der Waals surface area contributed by atoms with Crippen LogP contribution >= 0.6 is 23.2 Å². The van der Waals surface area contributed by atoms with Crippen molar-refractivity contribution in [3.8, 4) is 11.5 Å². The minimum atomic E-state index is 0.484. The molecule has 0 saturated heterocycles. The zero-order valence-electron chi connectivity index (χ0n) is 8.41. The summed E-state index contributed by atoms with van der Waals surface area (Å²) >= 11 is 11.7. The molecular formula is C11H10Cl2N2O. The van der Waals surface area contributed by atoms with Gasteiger partial charge < -0.3 is 10.2 Å². The molecule has 0 aliphatic carbocycles. The lowest BCUT2D eigenvalue weighted by atomic mass is 10.2. The normalized spacial score (nSPS) is 10.7. The fourth-order valence-electron chi connectivity index (χ4n) is 1.33. The van der Waals surface area contributed by atoms with Crippen LogP contribution in [-0.2, 0) is 6.42 Å². The van der Waals surface area contributed by atoms with E-state index < -0.39 is 0 Å². The second-order valence-corrected chi connectivity index (χ2v) is 4.13. The van der Waals surface area contributed by atoms with E-state index >= 15 is 0 Å². The molecular weight excluding hydrogens is 247 g/mol. The third kappa shape index (κ3) is 2.38. The van der Waals surface area contributed by atoms with Crippen molar-refractivity contribution >= 4 is 23.2 Å². The van der Waals surface area contributed by atoms with Crippen LogP contribution in [0.25, 0.3) is 11.5 Å². The van der Waals surface area contributed by atoms with E-state index in [-0.39, 0.29) is 0 Å². The molecule has 3 nitrogen and oxygen atoms in total.